The van der Waals surface area contributed by atoms with Crippen LogP contribution in [0.2, 0.25) is 0 Å². The number of carbonyl (C=O) groups is 1. The zero-order chi connectivity index (χ0) is 24.0. The van der Waals surface area contributed by atoms with Crippen molar-refractivity contribution in [3.8, 4) is 5.75 Å². The van der Waals surface area contributed by atoms with Crippen LogP contribution in [0.4, 0.5) is 13.2 Å². The lowest BCUT2D eigenvalue weighted by Gasteiger charge is -2.24. The number of benzene rings is 1. The van der Waals surface area contributed by atoms with Gasteiger partial charge in [-0.15, -0.1) is 13.2 Å². The number of allylic oxidation sites excluding steroid dienone is 3. The van der Waals surface area contributed by atoms with Gasteiger partial charge in [0, 0.05) is 25.2 Å². The Labute approximate surface area is 191 Å². The van der Waals surface area contributed by atoms with E-state index < -0.39 is 6.36 Å². The van der Waals surface area contributed by atoms with Gasteiger partial charge in [0.15, 0.2) is 0 Å². The molecular formula is C24H29F3N2O4. The van der Waals surface area contributed by atoms with E-state index >= 15 is 0 Å². The highest BCUT2D eigenvalue weighted by atomic mass is 19.4. The summed E-state index contributed by atoms with van der Waals surface area (Å²) in [5.74, 6) is 0.0485. The average molecular weight is 467 g/mol. The maximum absolute atomic E-state index is 12.9. The van der Waals surface area contributed by atoms with Crippen molar-refractivity contribution in [2.45, 2.75) is 32.8 Å². The molecule has 1 N–H and O–H groups in total. The van der Waals surface area contributed by atoms with Gasteiger partial charge in [0.1, 0.15) is 18.1 Å². The average Bonchev–Trinajstić information content (AvgIpc) is 3.06. The summed E-state index contributed by atoms with van der Waals surface area (Å²) in [5, 5.41) is 3.33. The van der Waals surface area contributed by atoms with Crippen molar-refractivity contribution in [1.29, 1.82) is 0 Å². The molecule has 0 aromatic heterocycles. The van der Waals surface area contributed by atoms with Crippen molar-refractivity contribution in [2.75, 3.05) is 32.9 Å². The zero-order valence-corrected chi connectivity index (χ0v) is 18.8. The summed E-state index contributed by atoms with van der Waals surface area (Å²) in [6, 6.07) is 3.86. The van der Waals surface area contributed by atoms with Crippen LogP contribution in [0.15, 0.2) is 48.8 Å². The molecule has 2 unspecified atom stereocenters. The van der Waals surface area contributed by atoms with E-state index in [4.69, 9.17) is 9.47 Å². The molecule has 9 heteroatoms. The first-order valence-electron chi connectivity index (χ1n) is 10.8. The number of halogens is 3. The van der Waals surface area contributed by atoms with Gasteiger partial charge in [-0.3, -0.25) is 4.79 Å². The highest BCUT2D eigenvalue weighted by molar-refractivity contribution is 6.00. The SMILES string of the molecule is C=C/C=C(\C=C/C(C)CN1Cc2cc(OCC3COCCN3)cc(C)c2C1=O)OC(F)(F)F. The molecule has 2 heterocycles. The third kappa shape index (κ3) is 7.10. The van der Waals surface area contributed by atoms with E-state index in [-0.39, 0.29) is 23.6 Å². The summed E-state index contributed by atoms with van der Waals surface area (Å²) in [5.41, 5.74) is 2.37. The number of rotatable bonds is 9. The maximum atomic E-state index is 12.9. The predicted octanol–water partition coefficient (Wildman–Crippen LogP) is 4.12. The topological polar surface area (TPSA) is 60.0 Å². The maximum Gasteiger partial charge on any atom is 0.573 e. The molecule has 0 aliphatic carbocycles. The smallest absolute Gasteiger partial charge is 0.492 e. The zero-order valence-electron chi connectivity index (χ0n) is 18.8. The van der Waals surface area contributed by atoms with Gasteiger partial charge in [-0.2, -0.15) is 0 Å². The van der Waals surface area contributed by atoms with Gasteiger partial charge in [-0.25, -0.2) is 0 Å². The van der Waals surface area contributed by atoms with Crippen LogP contribution in [-0.4, -0.2) is 56.1 Å². The van der Waals surface area contributed by atoms with Crippen molar-refractivity contribution in [2.24, 2.45) is 5.92 Å². The molecule has 1 amide bonds. The number of aryl methyl sites for hydroxylation is 1. The number of nitrogens with one attached hydrogen (secondary N) is 1. The van der Waals surface area contributed by atoms with Gasteiger partial charge in [0.25, 0.3) is 5.91 Å². The standard InChI is InChI=1S/C24H29F3N2O4/c1-4-5-20(33-24(25,26)27)7-6-16(2)12-29-13-18-11-21(10-17(3)22(18)23(29)30)32-15-19-14-31-9-8-28-19/h4-7,10-11,16,19,28H,1,8-9,12-15H2,2-3H3/b7-6-,20-5+. The Bertz CT molecular complexity index is 921. The second kappa shape index (κ2) is 10.9. The summed E-state index contributed by atoms with van der Waals surface area (Å²) >= 11 is 0. The molecule has 3 rings (SSSR count). The molecule has 1 aromatic carbocycles. The summed E-state index contributed by atoms with van der Waals surface area (Å²) in [4.78, 5) is 14.6. The minimum atomic E-state index is -4.79. The molecule has 6 nitrogen and oxygen atoms in total. The van der Waals surface area contributed by atoms with Crippen LogP contribution in [0.3, 0.4) is 0 Å². The fraction of sp³-hybridized carbons (Fsp3) is 0.458. The first kappa shape index (κ1) is 24.9. The van der Waals surface area contributed by atoms with Gasteiger partial charge >= 0.3 is 6.36 Å². The van der Waals surface area contributed by atoms with Crippen LogP contribution in [0.25, 0.3) is 0 Å². The van der Waals surface area contributed by atoms with E-state index in [1.807, 2.05) is 26.0 Å². The van der Waals surface area contributed by atoms with E-state index in [9.17, 15) is 18.0 Å². The van der Waals surface area contributed by atoms with Crippen molar-refractivity contribution < 1.29 is 32.2 Å². The molecule has 33 heavy (non-hydrogen) atoms. The molecule has 2 aliphatic heterocycles. The van der Waals surface area contributed by atoms with E-state index in [0.29, 0.717) is 44.2 Å². The van der Waals surface area contributed by atoms with Crippen LogP contribution in [0, 0.1) is 12.8 Å². The summed E-state index contributed by atoms with van der Waals surface area (Å²) in [6.45, 7) is 10.4. The molecule has 0 spiro atoms. The molecule has 1 fully saturated rings. The minimum Gasteiger partial charge on any atom is -0.492 e. The summed E-state index contributed by atoms with van der Waals surface area (Å²) in [6.07, 6.45) is 0.391. The Morgan fingerprint density at radius 2 is 2.21 bits per heavy atom. The predicted molar refractivity (Wildman–Crippen MR) is 118 cm³/mol. The number of morpholine rings is 1. The van der Waals surface area contributed by atoms with Crippen molar-refractivity contribution in [3.05, 3.63) is 65.5 Å². The van der Waals surface area contributed by atoms with Crippen LogP contribution < -0.4 is 10.1 Å². The van der Waals surface area contributed by atoms with E-state index in [1.54, 1.807) is 11.0 Å². The Morgan fingerprint density at radius 1 is 1.42 bits per heavy atom. The second-order valence-corrected chi connectivity index (χ2v) is 8.19. The first-order valence-corrected chi connectivity index (χ1v) is 10.8. The number of nitrogens with zero attached hydrogens (tertiary/aromatic N) is 1. The molecule has 0 radical (unpaired) electrons. The highest BCUT2D eigenvalue weighted by Gasteiger charge is 2.32. The minimum absolute atomic E-state index is 0.0926. The number of amides is 1. The van der Waals surface area contributed by atoms with Gasteiger partial charge in [-0.05, 0) is 48.3 Å². The number of alkyl halides is 3. The van der Waals surface area contributed by atoms with E-state index in [2.05, 4.69) is 16.6 Å². The van der Waals surface area contributed by atoms with E-state index in [0.717, 1.165) is 23.7 Å². The first-order chi connectivity index (χ1) is 15.7. The Kier molecular flexibility index (Phi) is 8.20. The van der Waals surface area contributed by atoms with Gasteiger partial charge in [0.2, 0.25) is 0 Å². The number of hydrogen-bond donors (Lipinski definition) is 1. The Morgan fingerprint density at radius 3 is 2.88 bits per heavy atom. The monoisotopic (exact) mass is 466 g/mol. The largest absolute Gasteiger partial charge is 0.573 e. The Balaban J connectivity index is 1.61. The molecule has 1 aromatic rings. The number of carbonyl (C=O) groups excluding carboxylic acids is 1. The van der Waals surface area contributed by atoms with Crippen LogP contribution >= 0.6 is 0 Å². The van der Waals surface area contributed by atoms with Gasteiger partial charge in [-0.1, -0.05) is 25.7 Å². The van der Waals surface area contributed by atoms with Crippen LogP contribution in [0.1, 0.15) is 28.4 Å². The van der Waals surface area contributed by atoms with Crippen molar-refractivity contribution in [3.63, 3.8) is 0 Å². The lowest BCUT2D eigenvalue weighted by molar-refractivity contribution is -0.303. The molecule has 0 saturated carbocycles. The third-order valence-electron chi connectivity index (χ3n) is 5.32. The van der Waals surface area contributed by atoms with Crippen LogP contribution in [0.5, 0.6) is 5.75 Å². The van der Waals surface area contributed by atoms with Crippen molar-refractivity contribution in [1.82, 2.24) is 10.2 Å². The van der Waals surface area contributed by atoms with Gasteiger partial charge < -0.3 is 24.4 Å². The number of fused-ring (bicyclic) bond motifs is 1. The Hall–Kier alpha value is -2.78. The second-order valence-electron chi connectivity index (χ2n) is 8.19. The highest BCUT2D eigenvalue weighted by Crippen LogP contribution is 2.31. The fourth-order valence-corrected chi connectivity index (χ4v) is 3.89. The van der Waals surface area contributed by atoms with Gasteiger partial charge in [0.05, 0.1) is 19.3 Å². The lowest BCUT2D eigenvalue weighted by atomic mass is 10.0. The fourth-order valence-electron chi connectivity index (χ4n) is 3.89. The number of hydrogen-bond acceptors (Lipinski definition) is 5. The normalized spacial score (nSPS) is 20.2. The van der Waals surface area contributed by atoms with Crippen LogP contribution in [-0.2, 0) is 16.0 Å². The molecule has 2 aliphatic rings. The molecule has 180 valence electrons. The number of ether oxygens (including phenoxy) is 3. The third-order valence-corrected chi connectivity index (χ3v) is 5.32. The quantitative estimate of drug-likeness (QED) is 0.438. The summed E-state index contributed by atoms with van der Waals surface area (Å²) < 4.78 is 52.9. The van der Waals surface area contributed by atoms with Crippen molar-refractivity contribution >= 4 is 5.91 Å². The lowest BCUT2D eigenvalue weighted by Crippen LogP contribution is -2.44. The molecule has 1 saturated heterocycles. The molecule has 2 atom stereocenters. The molecule has 0 bridgehead atoms. The molecular weight excluding hydrogens is 437 g/mol. The van der Waals surface area contributed by atoms with E-state index in [1.165, 1.54) is 12.2 Å². The summed E-state index contributed by atoms with van der Waals surface area (Å²) in [7, 11) is 0.